The predicted octanol–water partition coefficient (Wildman–Crippen LogP) is 4.99. The summed E-state index contributed by atoms with van der Waals surface area (Å²) in [5.74, 6) is 0. The second kappa shape index (κ2) is 14.3. The minimum atomic E-state index is 0.558. The van der Waals surface area contributed by atoms with Crippen molar-refractivity contribution in [2.45, 2.75) is 41.2 Å². The normalized spacial score (nSPS) is 10.5. The van der Waals surface area contributed by atoms with Crippen molar-refractivity contribution in [1.29, 1.82) is 0 Å². The average molecular weight is 288 g/mol. The maximum atomic E-state index is 10.8. The van der Waals surface area contributed by atoms with Crippen LogP contribution in [-0.2, 0) is 6.54 Å². The van der Waals surface area contributed by atoms with Gasteiger partial charge < -0.3 is 4.57 Å². The van der Waals surface area contributed by atoms with Crippen molar-refractivity contribution in [3.8, 4) is 0 Å². The SMILES string of the molecule is C=C/C=C(C)\C=C(/C=C)Cn1cncc1C=O.CC.CC. The highest BCUT2D eigenvalue weighted by atomic mass is 16.1. The summed E-state index contributed by atoms with van der Waals surface area (Å²) in [5, 5.41) is 0. The molecule has 0 unspecified atom stereocenters. The third kappa shape index (κ3) is 8.58. The van der Waals surface area contributed by atoms with E-state index in [2.05, 4.69) is 18.1 Å². The fraction of sp³-hybridized carbons (Fsp3) is 0.333. The lowest BCUT2D eigenvalue weighted by Crippen LogP contribution is -2.02. The topological polar surface area (TPSA) is 34.9 Å². The number of nitrogens with zero attached hydrogens (tertiary/aromatic N) is 2. The summed E-state index contributed by atoms with van der Waals surface area (Å²) in [6.07, 6.45) is 11.4. The number of hydrogen-bond acceptors (Lipinski definition) is 2. The molecule has 0 N–H and O–H groups in total. The van der Waals surface area contributed by atoms with E-state index in [-0.39, 0.29) is 0 Å². The van der Waals surface area contributed by atoms with Crippen LogP contribution >= 0.6 is 0 Å². The summed E-state index contributed by atoms with van der Waals surface area (Å²) in [6.45, 7) is 18.0. The highest BCUT2D eigenvalue weighted by Crippen LogP contribution is 2.08. The van der Waals surface area contributed by atoms with Crippen LogP contribution in [0.1, 0.15) is 45.1 Å². The van der Waals surface area contributed by atoms with Gasteiger partial charge in [0.05, 0.1) is 12.5 Å². The van der Waals surface area contributed by atoms with Gasteiger partial charge in [0.25, 0.3) is 0 Å². The molecule has 0 spiro atoms. The van der Waals surface area contributed by atoms with Gasteiger partial charge in [-0.25, -0.2) is 4.98 Å². The maximum Gasteiger partial charge on any atom is 0.168 e. The molecular formula is C18H28N2O. The van der Waals surface area contributed by atoms with E-state index in [9.17, 15) is 4.79 Å². The lowest BCUT2D eigenvalue weighted by molar-refractivity contribution is 0.111. The lowest BCUT2D eigenvalue weighted by Gasteiger charge is -2.05. The predicted molar refractivity (Wildman–Crippen MR) is 92.5 cm³/mol. The Labute approximate surface area is 129 Å². The first-order valence-electron chi connectivity index (χ1n) is 7.29. The van der Waals surface area contributed by atoms with Gasteiger partial charge in [-0.3, -0.25) is 4.79 Å². The molecule has 1 heterocycles. The molecule has 3 heteroatoms. The van der Waals surface area contributed by atoms with Crippen LogP contribution < -0.4 is 0 Å². The van der Waals surface area contributed by atoms with Gasteiger partial charge >= 0.3 is 0 Å². The van der Waals surface area contributed by atoms with Gasteiger partial charge in [-0.05, 0) is 12.5 Å². The van der Waals surface area contributed by atoms with E-state index >= 15 is 0 Å². The van der Waals surface area contributed by atoms with Crippen LogP contribution in [0.3, 0.4) is 0 Å². The largest absolute Gasteiger partial charge is 0.324 e. The first kappa shape index (κ1) is 21.1. The van der Waals surface area contributed by atoms with Crippen LogP contribution in [-0.4, -0.2) is 15.8 Å². The summed E-state index contributed by atoms with van der Waals surface area (Å²) in [4.78, 5) is 14.7. The maximum absolute atomic E-state index is 10.8. The number of carbonyl (C=O) groups is 1. The molecule has 0 aliphatic heterocycles. The number of hydrogen-bond donors (Lipinski definition) is 0. The highest BCUT2D eigenvalue weighted by Gasteiger charge is 2.01. The molecule has 0 fully saturated rings. The number of aromatic nitrogens is 2. The average Bonchev–Trinajstić information content (AvgIpc) is 2.98. The van der Waals surface area contributed by atoms with Gasteiger partial charge in [0, 0.05) is 6.54 Å². The van der Waals surface area contributed by atoms with Crippen molar-refractivity contribution in [3.05, 3.63) is 66.8 Å². The third-order valence-corrected chi connectivity index (χ3v) is 2.27. The minimum absolute atomic E-state index is 0.558. The van der Waals surface area contributed by atoms with Crippen molar-refractivity contribution in [2.75, 3.05) is 0 Å². The monoisotopic (exact) mass is 288 g/mol. The van der Waals surface area contributed by atoms with Crippen molar-refractivity contribution in [2.24, 2.45) is 0 Å². The molecule has 1 aromatic rings. The molecule has 0 saturated heterocycles. The van der Waals surface area contributed by atoms with Crippen LogP contribution in [0.5, 0.6) is 0 Å². The summed E-state index contributed by atoms with van der Waals surface area (Å²) in [5.41, 5.74) is 2.66. The Balaban J connectivity index is 0. The first-order chi connectivity index (χ1) is 10.2. The Morgan fingerprint density at radius 1 is 1.29 bits per heavy atom. The number of carbonyl (C=O) groups excluding carboxylic acids is 1. The van der Waals surface area contributed by atoms with Crippen molar-refractivity contribution in [3.63, 3.8) is 0 Å². The Kier molecular flexibility index (Phi) is 14.4. The summed E-state index contributed by atoms with van der Waals surface area (Å²) >= 11 is 0. The molecule has 1 rings (SSSR count). The van der Waals surface area contributed by atoms with Gasteiger partial charge in [0.1, 0.15) is 5.69 Å². The minimum Gasteiger partial charge on any atom is -0.324 e. The Morgan fingerprint density at radius 3 is 2.38 bits per heavy atom. The Hall–Kier alpha value is -2.16. The molecule has 3 nitrogen and oxygen atoms in total. The molecule has 0 bridgehead atoms. The zero-order valence-corrected chi connectivity index (χ0v) is 14.0. The van der Waals surface area contributed by atoms with E-state index < -0.39 is 0 Å². The van der Waals surface area contributed by atoms with Crippen LogP contribution in [0.25, 0.3) is 0 Å². The van der Waals surface area contributed by atoms with Crippen LogP contribution in [0.4, 0.5) is 0 Å². The van der Waals surface area contributed by atoms with Crippen LogP contribution in [0, 0.1) is 0 Å². The molecular weight excluding hydrogens is 260 g/mol. The summed E-state index contributed by atoms with van der Waals surface area (Å²) in [6, 6.07) is 0. The number of rotatable bonds is 6. The zero-order chi connectivity index (χ0) is 16.7. The Morgan fingerprint density at radius 2 is 1.90 bits per heavy atom. The van der Waals surface area contributed by atoms with Gasteiger partial charge in [0.2, 0.25) is 0 Å². The second-order valence-electron chi connectivity index (χ2n) is 3.63. The summed E-state index contributed by atoms with van der Waals surface area (Å²) in [7, 11) is 0. The molecule has 21 heavy (non-hydrogen) atoms. The molecule has 0 radical (unpaired) electrons. The zero-order valence-electron chi connectivity index (χ0n) is 14.0. The molecule has 0 aromatic carbocycles. The lowest BCUT2D eigenvalue weighted by atomic mass is 10.1. The van der Waals surface area contributed by atoms with Crippen molar-refractivity contribution >= 4 is 6.29 Å². The summed E-state index contributed by atoms with van der Waals surface area (Å²) < 4.78 is 1.78. The standard InChI is InChI=1S/C14H16N2O.2C2H6/c1-4-6-12(3)7-13(5-2)9-16-11-15-8-14(16)10-17;2*1-2/h4-8,10-11H,1-2,9H2,3H3;2*1-2H3/b12-6-,13-7+;;. The van der Waals surface area contributed by atoms with Gasteiger partial charge in [-0.2, -0.15) is 0 Å². The first-order valence-corrected chi connectivity index (χ1v) is 7.29. The molecule has 116 valence electrons. The van der Waals surface area contributed by atoms with E-state index in [0.717, 1.165) is 17.4 Å². The van der Waals surface area contributed by atoms with Crippen molar-refractivity contribution < 1.29 is 4.79 Å². The molecule has 0 aliphatic rings. The second-order valence-corrected chi connectivity index (χ2v) is 3.63. The molecule has 1 aromatic heterocycles. The number of allylic oxidation sites excluding steroid dienone is 6. The van der Waals surface area contributed by atoms with Gasteiger partial charge in [-0.1, -0.05) is 70.7 Å². The van der Waals surface area contributed by atoms with E-state index in [1.54, 1.807) is 29.2 Å². The number of aldehydes is 1. The molecule has 0 amide bonds. The molecule has 0 saturated carbocycles. The van der Waals surface area contributed by atoms with E-state index in [0.29, 0.717) is 12.2 Å². The van der Waals surface area contributed by atoms with E-state index in [1.165, 1.54) is 0 Å². The van der Waals surface area contributed by atoms with E-state index in [4.69, 9.17) is 0 Å². The van der Waals surface area contributed by atoms with Gasteiger partial charge in [0.15, 0.2) is 6.29 Å². The molecule has 0 atom stereocenters. The fourth-order valence-electron chi connectivity index (χ4n) is 1.45. The fourth-order valence-corrected chi connectivity index (χ4v) is 1.45. The smallest absolute Gasteiger partial charge is 0.168 e. The number of imidazole rings is 1. The van der Waals surface area contributed by atoms with Crippen LogP contribution in [0.15, 0.2) is 61.1 Å². The van der Waals surface area contributed by atoms with Crippen LogP contribution in [0.2, 0.25) is 0 Å². The van der Waals surface area contributed by atoms with E-state index in [1.807, 2.05) is 46.8 Å². The molecule has 0 aliphatic carbocycles. The quantitative estimate of drug-likeness (QED) is 0.546. The van der Waals surface area contributed by atoms with Crippen molar-refractivity contribution in [1.82, 2.24) is 9.55 Å². The highest BCUT2D eigenvalue weighted by molar-refractivity contribution is 5.71. The third-order valence-electron chi connectivity index (χ3n) is 2.27. The van der Waals surface area contributed by atoms with Gasteiger partial charge in [-0.15, -0.1) is 0 Å². The Bertz CT molecular complexity index is 479.